The van der Waals surface area contributed by atoms with Gasteiger partial charge in [-0.05, 0) is 25.9 Å². The number of anilines is 1. The molecule has 0 saturated carbocycles. The highest BCUT2D eigenvalue weighted by Gasteiger charge is 2.22. The number of nitrogens with zero attached hydrogens (tertiary/aromatic N) is 3. The van der Waals surface area contributed by atoms with E-state index in [2.05, 4.69) is 14.6 Å². The molecule has 1 aromatic heterocycles. The van der Waals surface area contributed by atoms with Gasteiger partial charge in [-0.2, -0.15) is 0 Å². The lowest BCUT2D eigenvalue weighted by molar-refractivity contribution is 0.290. The molecule has 1 fully saturated rings. The molecule has 2 rings (SSSR count). The zero-order chi connectivity index (χ0) is 14.6. The van der Waals surface area contributed by atoms with Crippen LogP contribution in [-0.2, 0) is 17.1 Å². The van der Waals surface area contributed by atoms with E-state index in [4.69, 9.17) is 5.73 Å². The number of sulfonamides is 1. The van der Waals surface area contributed by atoms with E-state index >= 15 is 0 Å². The van der Waals surface area contributed by atoms with Crippen LogP contribution >= 0.6 is 0 Å². The van der Waals surface area contributed by atoms with Crippen LogP contribution in [0.3, 0.4) is 0 Å². The van der Waals surface area contributed by atoms with Crippen LogP contribution in [0.25, 0.3) is 0 Å². The summed E-state index contributed by atoms with van der Waals surface area (Å²) in [6.45, 7) is 3.23. The smallest absolute Gasteiger partial charge is 0.260 e. The highest BCUT2D eigenvalue weighted by atomic mass is 32.2. The maximum absolute atomic E-state index is 12.2. The minimum atomic E-state index is -3.59. The molecule has 0 atom stereocenters. The van der Waals surface area contributed by atoms with Crippen molar-refractivity contribution >= 4 is 15.8 Å². The van der Waals surface area contributed by atoms with E-state index in [1.165, 1.54) is 36.6 Å². The summed E-state index contributed by atoms with van der Waals surface area (Å²) in [4.78, 5) is 6.11. The van der Waals surface area contributed by atoms with Crippen LogP contribution in [0, 0.1) is 0 Å². The first kappa shape index (κ1) is 15.3. The maximum atomic E-state index is 12.2. The summed E-state index contributed by atoms with van der Waals surface area (Å²) < 4.78 is 28.4. The fraction of sp³-hybridized carbons (Fsp3) is 0.750. The largest absolute Gasteiger partial charge is 0.381 e. The van der Waals surface area contributed by atoms with E-state index < -0.39 is 10.0 Å². The van der Waals surface area contributed by atoms with Crippen molar-refractivity contribution in [2.75, 3.05) is 31.9 Å². The third-order valence-corrected chi connectivity index (χ3v) is 5.17. The Morgan fingerprint density at radius 3 is 2.50 bits per heavy atom. The number of nitrogens with one attached hydrogen (secondary N) is 1. The molecule has 0 bridgehead atoms. The van der Waals surface area contributed by atoms with Gasteiger partial charge >= 0.3 is 0 Å². The van der Waals surface area contributed by atoms with Crippen molar-refractivity contribution in [1.82, 2.24) is 19.2 Å². The van der Waals surface area contributed by atoms with Gasteiger partial charge in [0.1, 0.15) is 0 Å². The lowest BCUT2D eigenvalue weighted by Gasteiger charge is -2.19. The first-order chi connectivity index (χ1) is 9.50. The molecule has 0 aliphatic carbocycles. The molecular formula is C12H23N5O2S. The maximum Gasteiger partial charge on any atom is 0.260 e. The fourth-order valence-corrected chi connectivity index (χ4v) is 3.78. The summed E-state index contributed by atoms with van der Waals surface area (Å²) in [5.41, 5.74) is 5.60. The SMILES string of the molecule is Cn1cnc(N)c1S(=O)(=O)NCCN1CCCCCC1. The van der Waals surface area contributed by atoms with Crippen molar-refractivity contribution in [2.45, 2.75) is 30.7 Å². The molecular weight excluding hydrogens is 278 g/mol. The van der Waals surface area contributed by atoms with E-state index in [1.807, 2.05) is 0 Å². The fourth-order valence-electron chi connectivity index (χ4n) is 2.53. The quantitative estimate of drug-likeness (QED) is 0.808. The molecule has 0 spiro atoms. The van der Waals surface area contributed by atoms with Gasteiger partial charge in [0.15, 0.2) is 10.8 Å². The van der Waals surface area contributed by atoms with Crippen molar-refractivity contribution in [3.05, 3.63) is 6.33 Å². The Hall–Kier alpha value is -1.12. The van der Waals surface area contributed by atoms with Gasteiger partial charge in [0.25, 0.3) is 10.0 Å². The second-order valence-electron chi connectivity index (χ2n) is 5.20. The van der Waals surface area contributed by atoms with E-state index in [0.717, 1.165) is 19.6 Å². The molecule has 1 saturated heterocycles. The molecule has 8 heteroatoms. The average Bonchev–Trinajstić information content (AvgIpc) is 2.61. The number of imidazole rings is 1. The number of aryl methyl sites for hydroxylation is 1. The lowest BCUT2D eigenvalue weighted by Crippen LogP contribution is -2.36. The molecule has 20 heavy (non-hydrogen) atoms. The Morgan fingerprint density at radius 1 is 1.30 bits per heavy atom. The molecule has 0 unspecified atom stereocenters. The zero-order valence-electron chi connectivity index (χ0n) is 11.9. The molecule has 1 aliphatic heterocycles. The average molecular weight is 301 g/mol. The van der Waals surface area contributed by atoms with Gasteiger partial charge in [-0.3, -0.25) is 0 Å². The molecule has 0 aromatic carbocycles. The highest BCUT2D eigenvalue weighted by Crippen LogP contribution is 2.15. The standard InChI is InChI=1S/C12H23N5O2S/c1-16-10-14-11(13)12(16)20(18,19)15-6-9-17-7-4-2-3-5-8-17/h10,15H,2-9,13H2,1H3. The number of nitrogen functional groups attached to an aromatic ring is 1. The van der Waals surface area contributed by atoms with Crippen LogP contribution in [0.15, 0.2) is 11.4 Å². The summed E-state index contributed by atoms with van der Waals surface area (Å²) in [7, 11) is -1.97. The Labute approximate surface area is 120 Å². The number of hydrogen-bond donors (Lipinski definition) is 2. The number of nitrogens with two attached hydrogens (primary N) is 1. The molecule has 0 amide bonds. The Bertz CT molecular complexity index is 513. The number of aromatic nitrogens is 2. The van der Waals surface area contributed by atoms with Gasteiger partial charge in [0.05, 0.1) is 6.33 Å². The van der Waals surface area contributed by atoms with Crippen LogP contribution in [-0.4, -0.2) is 49.0 Å². The van der Waals surface area contributed by atoms with Gasteiger partial charge in [-0.25, -0.2) is 18.1 Å². The number of likely N-dealkylation sites (tertiary alicyclic amines) is 1. The summed E-state index contributed by atoms with van der Waals surface area (Å²) in [6.07, 6.45) is 6.34. The van der Waals surface area contributed by atoms with Crippen molar-refractivity contribution in [3.63, 3.8) is 0 Å². The Morgan fingerprint density at radius 2 is 1.95 bits per heavy atom. The van der Waals surface area contributed by atoms with Crippen molar-refractivity contribution in [3.8, 4) is 0 Å². The lowest BCUT2D eigenvalue weighted by atomic mass is 10.2. The summed E-state index contributed by atoms with van der Waals surface area (Å²) in [5, 5.41) is 0.0355. The van der Waals surface area contributed by atoms with Crippen LogP contribution in [0.5, 0.6) is 0 Å². The molecule has 0 radical (unpaired) electrons. The van der Waals surface area contributed by atoms with Gasteiger partial charge in [0, 0.05) is 20.1 Å². The predicted octanol–water partition coefficient (Wildman–Crippen LogP) is 0.157. The Kier molecular flexibility index (Phi) is 5.00. The number of rotatable bonds is 5. The zero-order valence-corrected chi connectivity index (χ0v) is 12.7. The molecule has 7 nitrogen and oxygen atoms in total. The second kappa shape index (κ2) is 6.55. The molecule has 1 aliphatic rings. The summed E-state index contributed by atoms with van der Waals surface area (Å²) in [5.74, 6) is 0.0368. The molecule has 3 N–H and O–H groups in total. The normalized spacial score (nSPS) is 18.1. The monoisotopic (exact) mass is 301 g/mol. The first-order valence-corrected chi connectivity index (χ1v) is 8.48. The minimum Gasteiger partial charge on any atom is -0.381 e. The minimum absolute atomic E-state index is 0.0355. The van der Waals surface area contributed by atoms with Crippen molar-refractivity contribution in [2.24, 2.45) is 7.05 Å². The van der Waals surface area contributed by atoms with Gasteiger partial charge in [-0.1, -0.05) is 12.8 Å². The van der Waals surface area contributed by atoms with Crippen LogP contribution in [0.4, 0.5) is 5.82 Å². The molecule has 2 heterocycles. The molecule has 114 valence electrons. The third kappa shape index (κ3) is 3.71. The van der Waals surface area contributed by atoms with Crippen molar-refractivity contribution < 1.29 is 8.42 Å². The topological polar surface area (TPSA) is 93.2 Å². The highest BCUT2D eigenvalue weighted by molar-refractivity contribution is 7.89. The van der Waals surface area contributed by atoms with Gasteiger partial charge in [-0.15, -0.1) is 0 Å². The first-order valence-electron chi connectivity index (χ1n) is 6.99. The van der Waals surface area contributed by atoms with Crippen LogP contribution in [0.1, 0.15) is 25.7 Å². The van der Waals surface area contributed by atoms with Crippen LogP contribution < -0.4 is 10.5 Å². The van der Waals surface area contributed by atoms with E-state index in [0.29, 0.717) is 6.54 Å². The number of hydrogen-bond acceptors (Lipinski definition) is 5. The van der Waals surface area contributed by atoms with E-state index in [9.17, 15) is 8.42 Å². The van der Waals surface area contributed by atoms with Crippen molar-refractivity contribution in [1.29, 1.82) is 0 Å². The van der Waals surface area contributed by atoms with Gasteiger partial charge < -0.3 is 15.2 Å². The summed E-state index contributed by atoms with van der Waals surface area (Å²) >= 11 is 0. The van der Waals surface area contributed by atoms with Crippen LogP contribution in [0.2, 0.25) is 0 Å². The van der Waals surface area contributed by atoms with E-state index in [1.54, 1.807) is 7.05 Å². The van der Waals surface area contributed by atoms with Gasteiger partial charge in [0.2, 0.25) is 0 Å². The molecule has 1 aromatic rings. The summed E-state index contributed by atoms with van der Waals surface area (Å²) in [6, 6.07) is 0. The second-order valence-corrected chi connectivity index (χ2v) is 6.88. The van der Waals surface area contributed by atoms with E-state index in [-0.39, 0.29) is 10.8 Å². The predicted molar refractivity (Wildman–Crippen MR) is 77.7 cm³/mol. The Balaban J connectivity index is 1.89. The third-order valence-electron chi connectivity index (χ3n) is 3.58.